The minimum absolute atomic E-state index is 0.561. The van der Waals surface area contributed by atoms with Gasteiger partial charge in [0.15, 0.2) is 0 Å². The Morgan fingerprint density at radius 1 is 0.778 bits per heavy atom. The largest absolute Gasteiger partial charge is 0.308 e. The molecule has 1 fully saturated rings. The standard InChI is InChI=1S/C24H33BrN2/c1-2-3-6-19-9-11-20(12-10-19)17-26-23-7-4-5-8-24(23)27-18-21-13-15-22(25)16-14-21/h9-16,23-24,26-27H,2-8,17-18H2,1H3. The highest BCUT2D eigenvalue weighted by Crippen LogP contribution is 2.20. The Bertz CT molecular complexity index is 666. The molecular formula is C24H33BrN2. The topological polar surface area (TPSA) is 24.1 Å². The lowest BCUT2D eigenvalue weighted by Crippen LogP contribution is -2.49. The van der Waals surface area contributed by atoms with Crippen LogP contribution < -0.4 is 10.6 Å². The van der Waals surface area contributed by atoms with Gasteiger partial charge in [-0.15, -0.1) is 0 Å². The van der Waals surface area contributed by atoms with Crippen LogP contribution in [0.4, 0.5) is 0 Å². The fraction of sp³-hybridized carbons (Fsp3) is 0.500. The minimum Gasteiger partial charge on any atom is -0.308 e. The van der Waals surface area contributed by atoms with Crippen molar-refractivity contribution in [2.75, 3.05) is 0 Å². The van der Waals surface area contributed by atoms with Gasteiger partial charge in [0, 0.05) is 29.6 Å². The summed E-state index contributed by atoms with van der Waals surface area (Å²) in [5, 5.41) is 7.62. The van der Waals surface area contributed by atoms with Gasteiger partial charge in [-0.2, -0.15) is 0 Å². The highest BCUT2D eigenvalue weighted by molar-refractivity contribution is 9.10. The van der Waals surface area contributed by atoms with Crippen LogP contribution in [0.2, 0.25) is 0 Å². The molecule has 0 heterocycles. The average Bonchev–Trinajstić information content (AvgIpc) is 2.71. The molecule has 0 amide bonds. The van der Waals surface area contributed by atoms with E-state index in [-0.39, 0.29) is 0 Å². The smallest absolute Gasteiger partial charge is 0.0224 e. The van der Waals surface area contributed by atoms with E-state index < -0.39 is 0 Å². The molecular weight excluding hydrogens is 396 g/mol. The van der Waals surface area contributed by atoms with Crippen LogP contribution in [0.1, 0.15) is 62.1 Å². The van der Waals surface area contributed by atoms with Crippen molar-refractivity contribution in [3.05, 3.63) is 69.7 Å². The van der Waals surface area contributed by atoms with Crippen molar-refractivity contribution in [3.63, 3.8) is 0 Å². The Morgan fingerprint density at radius 3 is 1.78 bits per heavy atom. The van der Waals surface area contributed by atoms with Crippen molar-refractivity contribution in [3.8, 4) is 0 Å². The molecule has 0 bridgehead atoms. The van der Waals surface area contributed by atoms with Gasteiger partial charge in [-0.3, -0.25) is 0 Å². The number of nitrogens with one attached hydrogen (secondary N) is 2. The second-order valence-electron chi connectivity index (χ2n) is 7.81. The van der Waals surface area contributed by atoms with Crippen LogP contribution in [0.3, 0.4) is 0 Å². The van der Waals surface area contributed by atoms with E-state index in [9.17, 15) is 0 Å². The van der Waals surface area contributed by atoms with Gasteiger partial charge in [-0.05, 0) is 54.5 Å². The predicted octanol–water partition coefficient (Wildman–Crippen LogP) is 5.98. The Kier molecular flexibility index (Phi) is 8.37. The zero-order valence-electron chi connectivity index (χ0n) is 16.5. The number of hydrogen-bond donors (Lipinski definition) is 2. The van der Waals surface area contributed by atoms with Crippen LogP contribution in [-0.2, 0) is 19.5 Å². The number of unbranched alkanes of at least 4 members (excludes halogenated alkanes) is 1. The molecule has 27 heavy (non-hydrogen) atoms. The summed E-state index contributed by atoms with van der Waals surface area (Å²) < 4.78 is 1.14. The van der Waals surface area contributed by atoms with Crippen molar-refractivity contribution < 1.29 is 0 Å². The van der Waals surface area contributed by atoms with E-state index in [0.29, 0.717) is 12.1 Å². The van der Waals surface area contributed by atoms with Crippen LogP contribution in [0, 0.1) is 0 Å². The average molecular weight is 429 g/mol. The molecule has 2 atom stereocenters. The molecule has 0 saturated heterocycles. The van der Waals surface area contributed by atoms with E-state index in [1.165, 1.54) is 61.6 Å². The molecule has 0 aromatic heterocycles. The van der Waals surface area contributed by atoms with E-state index in [4.69, 9.17) is 0 Å². The summed E-state index contributed by atoms with van der Waals surface area (Å²) in [6.45, 7) is 4.17. The lowest BCUT2D eigenvalue weighted by Gasteiger charge is -2.33. The number of benzene rings is 2. The highest BCUT2D eigenvalue weighted by atomic mass is 79.9. The molecule has 2 unspecified atom stereocenters. The molecule has 1 aliphatic carbocycles. The normalized spacial score (nSPS) is 19.9. The fourth-order valence-corrected chi connectivity index (χ4v) is 4.19. The van der Waals surface area contributed by atoms with E-state index in [1.807, 2.05) is 0 Å². The first-order chi connectivity index (χ1) is 13.2. The summed E-state index contributed by atoms with van der Waals surface area (Å²) in [5.41, 5.74) is 4.21. The third kappa shape index (κ3) is 6.74. The Labute approximate surface area is 173 Å². The van der Waals surface area contributed by atoms with Crippen LogP contribution in [0.25, 0.3) is 0 Å². The van der Waals surface area contributed by atoms with Gasteiger partial charge in [0.25, 0.3) is 0 Å². The van der Waals surface area contributed by atoms with Crippen LogP contribution >= 0.6 is 15.9 Å². The van der Waals surface area contributed by atoms with E-state index in [0.717, 1.165) is 17.6 Å². The number of rotatable bonds is 9. The molecule has 2 aromatic carbocycles. The van der Waals surface area contributed by atoms with Gasteiger partial charge >= 0.3 is 0 Å². The monoisotopic (exact) mass is 428 g/mol. The van der Waals surface area contributed by atoms with Gasteiger partial charge in [-0.1, -0.05) is 78.5 Å². The predicted molar refractivity (Wildman–Crippen MR) is 119 cm³/mol. The van der Waals surface area contributed by atoms with Crippen molar-refractivity contribution >= 4 is 15.9 Å². The van der Waals surface area contributed by atoms with Crippen molar-refractivity contribution in [2.45, 2.75) is 77.0 Å². The van der Waals surface area contributed by atoms with Crippen LogP contribution in [0.15, 0.2) is 53.0 Å². The molecule has 1 aliphatic rings. The van der Waals surface area contributed by atoms with Gasteiger partial charge < -0.3 is 10.6 Å². The molecule has 0 radical (unpaired) electrons. The SMILES string of the molecule is CCCCc1ccc(CNC2CCCCC2NCc2ccc(Br)cc2)cc1. The maximum atomic E-state index is 3.83. The first-order valence-corrected chi connectivity index (χ1v) is 11.3. The van der Waals surface area contributed by atoms with E-state index in [2.05, 4.69) is 82.0 Å². The maximum absolute atomic E-state index is 3.83. The lowest BCUT2D eigenvalue weighted by molar-refractivity contribution is 0.281. The molecule has 2 N–H and O–H groups in total. The molecule has 0 aliphatic heterocycles. The second kappa shape index (κ2) is 11.0. The molecule has 3 rings (SSSR count). The summed E-state index contributed by atoms with van der Waals surface area (Å²) in [6.07, 6.45) is 8.96. The minimum atomic E-state index is 0.561. The third-order valence-corrected chi connectivity index (χ3v) is 6.19. The number of aryl methyl sites for hydroxylation is 1. The van der Waals surface area contributed by atoms with Crippen LogP contribution in [-0.4, -0.2) is 12.1 Å². The summed E-state index contributed by atoms with van der Waals surface area (Å²) >= 11 is 3.51. The first kappa shape index (κ1) is 20.6. The Morgan fingerprint density at radius 2 is 1.26 bits per heavy atom. The molecule has 3 heteroatoms. The lowest BCUT2D eigenvalue weighted by atomic mass is 9.90. The number of hydrogen-bond acceptors (Lipinski definition) is 2. The summed E-state index contributed by atoms with van der Waals surface area (Å²) in [4.78, 5) is 0. The summed E-state index contributed by atoms with van der Waals surface area (Å²) in [6, 6.07) is 19.0. The highest BCUT2D eigenvalue weighted by Gasteiger charge is 2.24. The molecule has 146 valence electrons. The quantitative estimate of drug-likeness (QED) is 0.512. The molecule has 1 saturated carbocycles. The zero-order chi connectivity index (χ0) is 18.9. The van der Waals surface area contributed by atoms with Gasteiger partial charge in [-0.25, -0.2) is 0 Å². The second-order valence-corrected chi connectivity index (χ2v) is 8.72. The number of halogens is 1. The molecule has 2 nitrogen and oxygen atoms in total. The van der Waals surface area contributed by atoms with E-state index >= 15 is 0 Å². The van der Waals surface area contributed by atoms with Gasteiger partial charge in [0.1, 0.15) is 0 Å². The first-order valence-electron chi connectivity index (χ1n) is 10.5. The van der Waals surface area contributed by atoms with Crippen molar-refractivity contribution in [1.82, 2.24) is 10.6 Å². The summed E-state index contributed by atoms with van der Waals surface area (Å²) in [7, 11) is 0. The fourth-order valence-electron chi connectivity index (χ4n) is 3.92. The Balaban J connectivity index is 1.48. The molecule has 2 aromatic rings. The van der Waals surface area contributed by atoms with Gasteiger partial charge in [0.2, 0.25) is 0 Å². The third-order valence-electron chi connectivity index (χ3n) is 5.66. The van der Waals surface area contributed by atoms with Gasteiger partial charge in [0.05, 0.1) is 0 Å². The summed E-state index contributed by atoms with van der Waals surface area (Å²) in [5.74, 6) is 0. The van der Waals surface area contributed by atoms with Crippen molar-refractivity contribution in [1.29, 1.82) is 0 Å². The zero-order valence-corrected chi connectivity index (χ0v) is 18.1. The van der Waals surface area contributed by atoms with E-state index in [1.54, 1.807) is 0 Å². The maximum Gasteiger partial charge on any atom is 0.0224 e. The van der Waals surface area contributed by atoms with Crippen molar-refractivity contribution in [2.24, 2.45) is 0 Å². The molecule has 0 spiro atoms. The Hall–Kier alpha value is -1.16. The van der Waals surface area contributed by atoms with Crippen LogP contribution in [0.5, 0.6) is 0 Å².